The van der Waals surface area contributed by atoms with E-state index in [9.17, 15) is 4.79 Å². The van der Waals surface area contributed by atoms with Crippen LogP contribution in [0.25, 0.3) is 0 Å². The molecule has 17 heavy (non-hydrogen) atoms. The SMILES string of the molecule is CN(Cc1ncc[nH]1)C(=O)C1CCCCCC1. The largest absolute Gasteiger partial charge is 0.347 e. The van der Waals surface area contributed by atoms with E-state index in [0.717, 1.165) is 18.7 Å². The van der Waals surface area contributed by atoms with Crippen molar-refractivity contribution in [1.82, 2.24) is 14.9 Å². The minimum Gasteiger partial charge on any atom is -0.347 e. The molecule has 1 aliphatic carbocycles. The van der Waals surface area contributed by atoms with Gasteiger partial charge in [0.05, 0.1) is 6.54 Å². The number of carbonyl (C=O) groups is 1. The summed E-state index contributed by atoms with van der Waals surface area (Å²) in [5.74, 6) is 1.37. The topological polar surface area (TPSA) is 49.0 Å². The van der Waals surface area contributed by atoms with Crippen molar-refractivity contribution >= 4 is 5.91 Å². The van der Waals surface area contributed by atoms with Gasteiger partial charge in [-0.2, -0.15) is 0 Å². The Morgan fingerprint density at radius 1 is 1.41 bits per heavy atom. The zero-order chi connectivity index (χ0) is 12.1. The molecular formula is C13H21N3O. The van der Waals surface area contributed by atoms with Crippen LogP contribution >= 0.6 is 0 Å². The molecular weight excluding hydrogens is 214 g/mol. The van der Waals surface area contributed by atoms with Crippen molar-refractivity contribution in [2.24, 2.45) is 5.92 Å². The predicted molar refractivity (Wildman–Crippen MR) is 66.3 cm³/mol. The van der Waals surface area contributed by atoms with Gasteiger partial charge in [0.15, 0.2) is 0 Å². The predicted octanol–water partition coefficient (Wildman–Crippen LogP) is 2.34. The van der Waals surface area contributed by atoms with Crippen molar-refractivity contribution < 1.29 is 4.79 Å². The summed E-state index contributed by atoms with van der Waals surface area (Å²) in [6.07, 6.45) is 10.6. The number of aromatic nitrogens is 2. The molecule has 1 amide bonds. The highest BCUT2D eigenvalue weighted by Crippen LogP contribution is 2.24. The molecule has 1 heterocycles. The van der Waals surface area contributed by atoms with Gasteiger partial charge in [0.1, 0.15) is 5.82 Å². The van der Waals surface area contributed by atoms with Crippen LogP contribution in [0, 0.1) is 5.92 Å². The van der Waals surface area contributed by atoms with Crippen LogP contribution in [0.15, 0.2) is 12.4 Å². The minimum absolute atomic E-state index is 0.234. The summed E-state index contributed by atoms with van der Waals surface area (Å²) in [5, 5.41) is 0. The third-order valence-electron chi connectivity index (χ3n) is 3.52. The third kappa shape index (κ3) is 3.32. The monoisotopic (exact) mass is 235 g/mol. The average Bonchev–Trinajstić information content (AvgIpc) is 2.68. The quantitative estimate of drug-likeness (QED) is 0.817. The molecule has 1 saturated carbocycles. The molecule has 0 saturated heterocycles. The zero-order valence-electron chi connectivity index (χ0n) is 10.5. The summed E-state index contributed by atoms with van der Waals surface area (Å²) in [7, 11) is 1.87. The van der Waals surface area contributed by atoms with E-state index < -0.39 is 0 Å². The summed E-state index contributed by atoms with van der Waals surface area (Å²) < 4.78 is 0. The fourth-order valence-electron chi connectivity index (χ4n) is 2.52. The van der Waals surface area contributed by atoms with Crippen LogP contribution in [0.2, 0.25) is 0 Å². The lowest BCUT2D eigenvalue weighted by Crippen LogP contribution is -2.32. The molecule has 0 aromatic carbocycles. The first-order valence-electron chi connectivity index (χ1n) is 6.50. The van der Waals surface area contributed by atoms with Gasteiger partial charge < -0.3 is 9.88 Å². The number of imidazole rings is 1. The lowest BCUT2D eigenvalue weighted by atomic mass is 9.99. The van der Waals surface area contributed by atoms with Crippen LogP contribution in [0.4, 0.5) is 0 Å². The molecule has 2 rings (SSSR count). The maximum absolute atomic E-state index is 12.3. The number of nitrogens with one attached hydrogen (secondary N) is 1. The summed E-state index contributed by atoms with van der Waals surface area (Å²) in [5.41, 5.74) is 0. The number of carbonyl (C=O) groups excluding carboxylic acids is 1. The van der Waals surface area contributed by atoms with Crippen LogP contribution in [0.1, 0.15) is 44.3 Å². The minimum atomic E-state index is 0.234. The molecule has 0 atom stereocenters. The van der Waals surface area contributed by atoms with E-state index in [0.29, 0.717) is 6.54 Å². The lowest BCUT2D eigenvalue weighted by Gasteiger charge is -2.22. The number of hydrogen-bond donors (Lipinski definition) is 1. The molecule has 4 heteroatoms. The third-order valence-corrected chi connectivity index (χ3v) is 3.52. The average molecular weight is 235 g/mol. The van der Waals surface area contributed by atoms with E-state index in [-0.39, 0.29) is 11.8 Å². The van der Waals surface area contributed by atoms with E-state index in [1.54, 1.807) is 17.3 Å². The van der Waals surface area contributed by atoms with Gasteiger partial charge in [-0.1, -0.05) is 25.7 Å². The van der Waals surface area contributed by atoms with Crippen LogP contribution < -0.4 is 0 Å². The van der Waals surface area contributed by atoms with Crippen LogP contribution in [0.5, 0.6) is 0 Å². The zero-order valence-corrected chi connectivity index (χ0v) is 10.5. The molecule has 1 fully saturated rings. The molecule has 0 spiro atoms. The van der Waals surface area contributed by atoms with E-state index in [1.165, 1.54) is 25.7 Å². The number of hydrogen-bond acceptors (Lipinski definition) is 2. The van der Waals surface area contributed by atoms with Crippen LogP contribution in [-0.2, 0) is 11.3 Å². The Morgan fingerprint density at radius 3 is 2.71 bits per heavy atom. The Balaban J connectivity index is 1.89. The Kier molecular flexibility index (Phi) is 4.18. The van der Waals surface area contributed by atoms with Gasteiger partial charge in [-0.3, -0.25) is 4.79 Å². The molecule has 0 aliphatic heterocycles. The van der Waals surface area contributed by atoms with Gasteiger partial charge in [-0.05, 0) is 12.8 Å². The first kappa shape index (κ1) is 12.1. The number of amides is 1. The van der Waals surface area contributed by atoms with E-state index in [1.807, 2.05) is 7.05 Å². The van der Waals surface area contributed by atoms with Gasteiger partial charge >= 0.3 is 0 Å². The molecule has 0 unspecified atom stereocenters. The van der Waals surface area contributed by atoms with Gasteiger partial charge in [0.25, 0.3) is 0 Å². The second-order valence-corrected chi connectivity index (χ2v) is 4.92. The fraction of sp³-hybridized carbons (Fsp3) is 0.692. The van der Waals surface area contributed by atoms with Crippen LogP contribution in [0.3, 0.4) is 0 Å². The summed E-state index contributed by atoms with van der Waals surface area (Å²) >= 11 is 0. The van der Waals surface area contributed by atoms with Crippen molar-refractivity contribution in [3.8, 4) is 0 Å². The Morgan fingerprint density at radius 2 is 2.12 bits per heavy atom. The van der Waals surface area contributed by atoms with Crippen molar-refractivity contribution in [3.63, 3.8) is 0 Å². The molecule has 1 aliphatic rings. The van der Waals surface area contributed by atoms with Gasteiger partial charge in [-0.25, -0.2) is 4.98 Å². The molecule has 4 nitrogen and oxygen atoms in total. The number of nitrogens with zero attached hydrogens (tertiary/aromatic N) is 2. The van der Waals surface area contributed by atoms with Crippen molar-refractivity contribution in [2.45, 2.75) is 45.1 Å². The number of aromatic amines is 1. The van der Waals surface area contributed by atoms with Gasteiger partial charge in [-0.15, -0.1) is 0 Å². The van der Waals surface area contributed by atoms with E-state index in [4.69, 9.17) is 0 Å². The van der Waals surface area contributed by atoms with Crippen molar-refractivity contribution in [3.05, 3.63) is 18.2 Å². The molecule has 0 bridgehead atoms. The lowest BCUT2D eigenvalue weighted by molar-refractivity contribution is -0.135. The first-order chi connectivity index (χ1) is 8.27. The Bertz CT molecular complexity index is 340. The first-order valence-corrected chi connectivity index (χ1v) is 6.50. The molecule has 0 radical (unpaired) electrons. The van der Waals surface area contributed by atoms with Crippen molar-refractivity contribution in [2.75, 3.05) is 7.05 Å². The fourth-order valence-corrected chi connectivity index (χ4v) is 2.52. The second-order valence-electron chi connectivity index (χ2n) is 4.92. The maximum atomic E-state index is 12.3. The highest BCUT2D eigenvalue weighted by Gasteiger charge is 2.23. The van der Waals surface area contributed by atoms with E-state index >= 15 is 0 Å². The Labute approximate surface area is 102 Å². The number of rotatable bonds is 3. The summed E-state index contributed by atoms with van der Waals surface area (Å²) in [6.45, 7) is 0.586. The van der Waals surface area contributed by atoms with Gasteiger partial charge in [0, 0.05) is 25.4 Å². The molecule has 1 N–H and O–H groups in total. The normalized spacial score (nSPS) is 17.7. The summed E-state index contributed by atoms with van der Waals surface area (Å²) in [4.78, 5) is 21.2. The van der Waals surface area contributed by atoms with Crippen molar-refractivity contribution in [1.29, 1.82) is 0 Å². The molecule has 94 valence electrons. The maximum Gasteiger partial charge on any atom is 0.225 e. The second kappa shape index (κ2) is 5.84. The summed E-state index contributed by atoms with van der Waals surface area (Å²) in [6, 6.07) is 0. The highest BCUT2D eigenvalue weighted by molar-refractivity contribution is 5.78. The molecule has 1 aromatic rings. The highest BCUT2D eigenvalue weighted by atomic mass is 16.2. The Hall–Kier alpha value is -1.32. The van der Waals surface area contributed by atoms with Crippen LogP contribution in [-0.4, -0.2) is 27.8 Å². The number of H-pyrrole nitrogens is 1. The molecule has 1 aromatic heterocycles. The standard InChI is InChI=1S/C13H21N3O/c1-16(10-12-14-8-9-15-12)13(17)11-6-4-2-3-5-7-11/h8-9,11H,2-7,10H2,1H3,(H,14,15). The van der Waals surface area contributed by atoms with Gasteiger partial charge in [0.2, 0.25) is 5.91 Å². The smallest absolute Gasteiger partial charge is 0.225 e. The van der Waals surface area contributed by atoms with E-state index in [2.05, 4.69) is 9.97 Å².